The molecule has 0 aliphatic carbocycles. The number of hydrogen-bond donors (Lipinski definition) is 1. The van der Waals surface area contributed by atoms with Gasteiger partial charge < -0.3 is 5.32 Å². The molecule has 112 valence electrons. The molecule has 0 amide bonds. The fourth-order valence-electron chi connectivity index (χ4n) is 1.72. The fraction of sp³-hybridized carbons (Fsp3) is 0.429. The Morgan fingerprint density at radius 3 is 2.70 bits per heavy atom. The SMILES string of the molecule is C=CCN(C)S(=O)(=O)c1ccc(CNCCC)cc1F. The first-order valence-corrected chi connectivity index (χ1v) is 7.93. The van der Waals surface area contributed by atoms with Crippen LogP contribution in [0.1, 0.15) is 18.9 Å². The molecule has 6 heteroatoms. The highest BCUT2D eigenvalue weighted by Gasteiger charge is 2.23. The van der Waals surface area contributed by atoms with Crippen LogP contribution in [0, 0.1) is 5.82 Å². The van der Waals surface area contributed by atoms with Crippen LogP contribution in [0.5, 0.6) is 0 Å². The van der Waals surface area contributed by atoms with E-state index < -0.39 is 15.8 Å². The van der Waals surface area contributed by atoms with Gasteiger partial charge in [-0.3, -0.25) is 0 Å². The third-order valence-electron chi connectivity index (χ3n) is 2.83. The summed E-state index contributed by atoms with van der Waals surface area (Å²) in [4.78, 5) is -0.305. The Morgan fingerprint density at radius 1 is 1.45 bits per heavy atom. The van der Waals surface area contributed by atoms with E-state index in [2.05, 4.69) is 11.9 Å². The molecule has 4 nitrogen and oxygen atoms in total. The van der Waals surface area contributed by atoms with E-state index in [9.17, 15) is 12.8 Å². The number of likely N-dealkylation sites (N-methyl/N-ethyl adjacent to an activating group) is 1. The van der Waals surface area contributed by atoms with Gasteiger partial charge in [0.1, 0.15) is 10.7 Å². The average Bonchev–Trinajstić information content (AvgIpc) is 2.39. The van der Waals surface area contributed by atoms with E-state index in [0.29, 0.717) is 6.54 Å². The van der Waals surface area contributed by atoms with Crippen LogP contribution in [0.4, 0.5) is 4.39 Å². The van der Waals surface area contributed by atoms with Crippen molar-refractivity contribution in [2.24, 2.45) is 0 Å². The van der Waals surface area contributed by atoms with Crippen molar-refractivity contribution in [2.45, 2.75) is 24.8 Å². The van der Waals surface area contributed by atoms with Gasteiger partial charge in [-0.25, -0.2) is 12.8 Å². The van der Waals surface area contributed by atoms with Crippen molar-refractivity contribution in [1.29, 1.82) is 0 Å². The van der Waals surface area contributed by atoms with Gasteiger partial charge >= 0.3 is 0 Å². The van der Waals surface area contributed by atoms with Crippen LogP contribution in [0.15, 0.2) is 35.7 Å². The molecule has 1 aromatic rings. The van der Waals surface area contributed by atoms with Crippen LogP contribution >= 0.6 is 0 Å². The highest BCUT2D eigenvalue weighted by Crippen LogP contribution is 2.19. The summed E-state index contributed by atoms with van der Waals surface area (Å²) < 4.78 is 39.3. The van der Waals surface area contributed by atoms with E-state index in [4.69, 9.17) is 0 Å². The first-order valence-electron chi connectivity index (χ1n) is 6.49. The third-order valence-corrected chi connectivity index (χ3v) is 4.68. The lowest BCUT2D eigenvalue weighted by molar-refractivity contribution is 0.489. The van der Waals surface area contributed by atoms with Gasteiger partial charge in [-0.05, 0) is 30.7 Å². The Labute approximate surface area is 120 Å². The Bertz CT molecular complexity index is 558. The van der Waals surface area contributed by atoms with Crippen molar-refractivity contribution in [3.63, 3.8) is 0 Å². The molecule has 0 radical (unpaired) electrons. The normalized spacial score (nSPS) is 11.8. The zero-order chi connectivity index (χ0) is 15.2. The van der Waals surface area contributed by atoms with Gasteiger partial charge in [0.05, 0.1) is 0 Å². The molecule has 0 spiro atoms. The average molecular weight is 300 g/mol. The van der Waals surface area contributed by atoms with E-state index in [0.717, 1.165) is 22.8 Å². The third kappa shape index (κ3) is 4.13. The van der Waals surface area contributed by atoms with Crippen molar-refractivity contribution >= 4 is 10.0 Å². The van der Waals surface area contributed by atoms with Gasteiger partial charge in [0, 0.05) is 20.1 Å². The minimum atomic E-state index is -3.81. The molecule has 0 unspecified atom stereocenters. The number of sulfonamides is 1. The fourth-order valence-corrected chi connectivity index (χ4v) is 2.90. The lowest BCUT2D eigenvalue weighted by atomic mass is 10.2. The van der Waals surface area contributed by atoms with Crippen LogP contribution in [0.25, 0.3) is 0 Å². The van der Waals surface area contributed by atoms with Gasteiger partial charge in [0.2, 0.25) is 10.0 Å². The predicted molar refractivity (Wildman–Crippen MR) is 78.4 cm³/mol. The van der Waals surface area contributed by atoms with Gasteiger partial charge in [0.25, 0.3) is 0 Å². The molecule has 1 aromatic carbocycles. The zero-order valence-electron chi connectivity index (χ0n) is 11.9. The van der Waals surface area contributed by atoms with Crippen LogP contribution < -0.4 is 5.32 Å². The first-order chi connectivity index (χ1) is 9.43. The van der Waals surface area contributed by atoms with Gasteiger partial charge in [-0.1, -0.05) is 19.1 Å². The van der Waals surface area contributed by atoms with Gasteiger partial charge in [0.15, 0.2) is 0 Å². The lowest BCUT2D eigenvalue weighted by Gasteiger charge is -2.16. The molecule has 0 saturated heterocycles. The summed E-state index contributed by atoms with van der Waals surface area (Å²) in [6.07, 6.45) is 2.44. The van der Waals surface area contributed by atoms with E-state index in [1.807, 2.05) is 6.92 Å². The summed E-state index contributed by atoms with van der Waals surface area (Å²) in [6.45, 7) is 7.02. The molecule has 0 heterocycles. The Hall–Kier alpha value is -1.24. The highest BCUT2D eigenvalue weighted by atomic mass is 32.2. The summed E-state index contributed by atoms with van der Waals surface area (Å²) in [5.41, 5.74) is 0.723. The maximum absolute atomic E-state index is 14.0. The number of rotatable bonds is 8. The summed E-state index contributed by atoms with van der Waals surface area (Å²) in [6, 6.07) is 4.20. The number of nitrogens with zero attached hydrogens (tertiary/aromatic N) is 1. The highest BCUT2D eigenvalue weighted by molar-refractivity contribution is 7.89. The molecular formula is C14H21FN2O2S. The summed E-state index contributed by atoms with van der Waals surface area (Å²) in [7, 11) is -2.41. The summed E-state index contributed by atoms with van der Waals surface area (Å²) in [5, 5.41) is 3.14. The van der Waals surface area contributed by atoms with Crippen molar-refractivity contribution < 1.29 is 12.8 Å². The number of benzene rings is 1. The maximum atomic E-state index is 14.0. The maximum Gasteiger partial charge on any atom is 0.246 e. The standard InChI is InChI=1S/C14H21FN2O2S/c1-4-8-16-11-12-6-7-14(13(15)10-12)20(18,19)17(3)9-5-2/h5-7,10,16H,2,4,8-9,11H2,1,3H3. The first kappa shape index (κ1) is 16.8. The molecule has 0 fully saturated rings. The van der Waals surface area contributed by atoms with Crippen molar-refractivity contribution in [3.8, 4) is 0 Å². The Kier molecular flexibility index (Phi) is 6.32. The van der Waals surface area contributed by atoms with E-state index >= 15 is 0 Å². The second kappa shape index (κ2) is 7.52. The van der Waals surface area contributed by atoms with Crippen LogP contribution in [0.2, 0.25) is 0 Å². The minimum Gasteiger partial charge on any atom is -0.313 e. The Balaban J connectivity index is 2.95. The molecule has 20 heavy (non-hydrogen) atoms. The molecule has 0 saturated carbocycles. The number of hydrogen-bond acceptors (Lipinski definition) is 3. The largest absolute Gasteiger partial charge is 0.313 e. The van der Waals surface area contributed by atoms with Crippen LogP contribution in [-0.4, -0.2) is 32.9 Å². The zero-order valence-corrected chi connectivity index (χ0v) is 12.7. The second-order valence-electron chi connectivity index (χ2n) is 4.52. The Morgan fingerprint density at radius 2 is 2.15 bits per heavy atom. The van der Waals surface area contributed by atoms with Gasteiger partial charge in [-0.2, -0.15) is 4.31 Å². The van der Waals surface area contributed by atoms with E-state index in [-0.39, 0.29) is 11.4 Å². The van der Waals surface area contributed by atoms with E-state index in [1.54, 1.807) is 6.07 Å². The summed E-state index contributed by atoms with van der Waals surface area (Å²) in [5.74, 6) is -0.725. The van der Waals surface area contributed by atoms with Crippen molar-refractivity contribution in [1.82, 2.24) is 9.62 Å². The number of nitrogens with one attached hydrogen (secondary N) is 1. The number of halogens is 1. The van der Waals surface area contributed by atoms with Crippen molar-refractivity contribution in [2.75, 3.05) is 20.1 Å². The molecule has 1 N–H and O–H groups in total. The quantitative estimate of drug-likeness (QED) is 0.591. The smallest absolute Gasteiger partial charge is 0.246 e. The van der Waals surface area contributed by atoms with Crippen LogP contribution in [0.3, 0.4) is 0 Å². The molecular weight excluding hydrogens is 279 g/mol. The molecule has 0 aliphatic heterocycles. The second-order valence-corrected chi connectivity index (χ2v) is 6.53. The molecule has 0 aliphatic rings. The monoisotopic (exact) mass is 300 g/mol. The molecule has 0 atom stereocenters. The van der Waals surface area contributed by atoms with Crippen LogP contribution in [-0.2, 0) is 16.6 Å². The lowest BCUT2D eigenvalue weighted by Crippen LogP contribution is -2.27. The van der Waals surface area contributed by atoms with Gasteiger partial charge in [-0.15, -0.1) is 6.58 Å². The van der Waals surface area contributed by atoms with Crippen molar-refractivity contribution in [3.05, 3.63) is 42.2 Å². The van der Waals surface area contributed by atoms with E-state index in [1.165, 1.54) is 25.3 Å². The molecule has 0 aromatic heterocycles. The molecule has 1 rings (SSSR count). The molecule has 0 bridgehead atoms. The predicted octanol–water partition coefficient (Wildman–Crippen LogP) is 2.13. The minimum absolute atomic E-state index is 0.140. The topological polar surface area (TPSA) is 49.4 Å². The summed E-state index contributed by atoms with van der Waals surface area (Å²) >= 11 is 0.